The number of unbranched alkanes of at least 4 members (excludes halogenated alkanes) is 14. The first-order chi connectivity index (χ1) is 28.0. The van der Waals surface area contributed by atoms with Crippen LogP contribution in [0.15, 0.2) is 72.9 Å². The molecule has 0 aliphatic rings. The van der Waals surface area contributed by atoms with Crippen molar-refractivity contribution in [2.45, 2.75) is 174 Å². The molecule has 0 aliphatic heterocycles. The molecule has 0 radical (unpaired) electrons. The van der Waals surface area contributed by atoms with Crippen LogP contribution in [0.5, 0.6) is 0 Å². The van der Waals surface area contributed by atoms with Crippen LogP contribution < -0.4 is 4.89 Å². The summed E-state index contributed by atoms with van der Waals surface area (Å²) < 4.78 is 33.9. The average molecular weight is 834 g/mol. The molecule has 1 unspecified atom stereocenters. The standard InChI is InChI=1S/C48H84NO8P/c1-6-8-10-12-14-16-18-20-22-24-26-28-30-32-34-36-38-40-47(50)54-44-46(45-56-58(52,53)55-43-42-49(3,4)5)57-48(51)41-39-37-35-33-31-29-27-25-23-21-19-17-15-13-11-9-7-2/h14-17,20-23,26-29,46H,6-13,18-19,24-25,30-45H2,1-5H3/b16-14+,17-15+,22-20+,23-21+,28-26+,29-27+/t46-/m1/s1. The highest BCUT2D eigenvalue weighted by Crippen LogP contribution is 2.38. The molecule has 334 valence electrons. The van der Waals surface area contributed by atoms with Gasteiger partial charge in [-0.3, -0.25) is 14.2 Å². The van der Waals surface area contributed by atoms with E-state index in [-0.39, 0.29) is 26.1 Å². The van der Waals surface area contributed by atoms with Crippen molar-refractivity contribution in [1.82, 2.24) is 0 Å². The highest BCUT2D eigenvalue weighted by Gasteiger charge is 2.21. The molecule has 9 nitrogen and oxygen atoms in total. The van der Waals surface area contributed by atoms with Gasteiger partial charge in [0.25, 0.3) is 7.82 Å². The maximum Gasteiger partial charge on any atom is 0.306 e. The third-order valence-electron chi connectivity index (χ3n) is 9.20. The summed E-state index contributed by atoms with van der Waals surface area (Å²) in [4.78, 5) is 37.6. The molecule has 2 atom stereocenters. The topological polar surface area (TPSA) is 111 Å². The predicted molar refractivity (Wildman–Crippen MR) is 240 cm³/mol. The number of hydrogen-bond acceptors (Lipinski definition) is 8. The molecule has 0 heterocycles. The van der Waals surface area contributed by atoms with Gasteiger partial charge in [-0.25, -0.2) is 0 Å². The van der Waals surface area contributed by atoms with Crippen molar-refractivity contribution in [3.63, 3.8) is 0 Å². The van der Waals surface area contributed by atoms with E-state index in [9.17, 15) is 19.0 Å². The van der Waals surface area contributed by atoms with Crippen LogP contribution in [0.2, 0.25) is 0 Å². The smallest absolute Gasteiger partial charge is 0.306 e. The lowest BCUT2D eigenvalue weighted by molar-refractivity contribution is -0.870. The second-order valence-corrected chi connectivity index (χ2v) is 17.5. The highest BCUT2D eigenvalue weighted by molar-refractivity contribution is 7.45. The Kier molecular flexibility index (Phi) is 38.1. The first-order valence-corrected chi connectivity index (χ1v) is 24.1. The number of carbonyl (C=O) groups is 2. The van der Waals surface area contributed by atoms with Crippen LogP contribution in [0.4, 0.5) is 0 Å². The van der Waals surface area contributed by atoms with E-state index in [4.69, 9.17) is 18.5 Å². The fourth-order valence-electron chi connectivity index (χ4n) is 5.61. The summed E-state index contributed by atoms with van der Waals surface area (Å²) in [5.41, 5.74) is 0. The average Bonchev–Trinajstić information content (AvgIpc) is 3.17. The lowest BCUT2D eigenvalue weighted by Crippen LogP contribution is -2.37. The third kappa shape index (κ3) is 43.0. The zero-order chi connectivity index (χ0) is 42.8. The molecule has 0 saturated carbocycles. The predicted octanol–water partition coefficient (Wildman–Crippen LogP) is 12.4. The van der Waals surface area contributed by atoms with E-state index in [1.54, 1.807) is 0 Å². The number of phosphoric ester groups is 1. The van der Waals surface area contributed by atoms with Gasteiger partial charge in [-0.1, -0.05) is 138 Å². The Hall–Kier alpha value is -2.55. The van der Waals surface area contributed by atoms with Crippen LogP contribution in [0.25, 0.3) is 0 Å². The van der Waals surface area contributed by atoms with Crippen molar-refractivity contribution in [2.24, 2.45) is 0 Å². The van der Waals surface area contributed by atoms with E-state index in [0.717, 1.165) is 77.0 Å². The summed E-state index contributed by atoms with van der Waals surface area (Å²) in [6.07, 6.45) is 49.2. The molecule has 0 aromatic rings. The van der Waals surface area contributed by atoms with Gasteiger partial charge in [0.1, 0.15) is 19.8 Å². The molecule has 0 aromatic carbocycles. The Balaban J connectivity index is 4.45. The van der Waals surface area contributed by atoms with Crippen LogP contribution in [0.3, 0.4) is 0 Å². The second kappa shape index (κ2) is 39.9. The number of hydrogen-bond donors (Lipinski definition) is 0. The van der Waals surface area contributed by atoms with Gasteiger partial charge in [0.2, 0.25) is 0 Å². The minimum absolute atomic E-state index is 0.0430. The first-order valence-electron chi connectivity index (χ1n) is 22.6. The molecule has 0 aliphatic carbocycles. The summed E-state index contributed by atoms with van der Waals surface area (Å²) in [5.74, 6) is -0.891. The van der Waals surface area contributed by atoms with Crippen molar-refractivity contribution in [3.8, 4) is 0 Å². The van der Waals surface area contributed by atoms with Gasteiger partial charge >= 0.3 is 11.9 Å². The number of likely N-dealkylation sites (N-methyl/N-ethyl adjacent to an activating group) is 1. The molecule has 0 N–H and O–H groups in total. The van der Waals surface area contributed by atoms with E-state index >= 15 is 0 Å². The van der Waals surface area contributed by atoms with Gasteiger partial charge < -0.3 is 27.9 Å². The maximum atomic E-state index is 12.7. The van der Waals surface area contributed by atoms with Crippen molar-refractivity contribution in [3.05, 3.63) is 72.9 Å². The molecule has 10 heteroatoms. The molecule has 0 spiro atoms. The molecular formula is C48H84NO8P. The molecule has 58 heavy (non-hydrogen) atoms. The number of carbonyl (C=O) groups excluding carboxylic acids is 2. The number of quaternary nitrogens is 1. The quantitative estimate of drug-likeness (QED) is 0.0197. The Morgan fingerprint density at radius 2 is 0.931 bits per heavy atom. The SMILES string of the molecule is CCCCC/C=C/C/C=C/C/C=C/CCCCCCC(=O)OC[C@H](COP(=O)([O-])OCC[N+](C)(C)C)OC(=O)CCCCCC/C=C/C/C=C/C/C=C/CCCCC. The fourth-order valence-corrected chi connectivity index (χ4v) is 6.34. The minimum atomic E-state index is -4.64. The van der Waals surface area contributed by atoms with Crippen LogP contribution in [0.1, 0.15) is 168 Å². The van der Waals surface area contributed by atoms with Crippen molar-refractivity contribution in [1.29, 1.82) is 0 Å². The van der Waals surface area contributed by atoms with Crippen molar-refractivity contribution in [2.75, 3.05) is 47.5 Å². The van der Waals surface area contributed by atoms with Crippen molar-refractivity contribution >= 4 is 19.8 Å². The molecule has 0 rings (SSSR count). The maximum absolute atomic E-state index is 12.7. The molecular weight excluding hydrogens is 750 g/mol. The van der Waals surface area contributed by atoms with Crippen LogP contribution in [-0.2, 0) is 32.7 Å². The normalized spacial score (nSPS) is 14.2. The van der Waals surface area contributed by atoms with Gasteiger partial charge in [0.05, 0.1) is 27.7 Å². The molecule has 0 bridgehead atoms. The zero-order valence-electron chi connectivity index (χ0n) is 37.5. The summed E-state index contributed by atoms with van der Waals surface area (Å²) in [5, 5.41) is 0. The number of allylic oxidation sites excluding steroid dienone is 12. The number of phosphoric acid groups is 1. The lowest BCUT2D eigenvalue weighted by atomic mass is 10.1. The number of rotatable bonds is 40. The van der Waals surface area contributed by atoms with Crippen molar-refractivity contribution < 1.29 is 42.1 Å². The van der Waals surface area contributed by atoms with Gasteiger partial charge in [-0.2, -0.15) is 0 Å². The monoisotopic (exact) mass is 834 g/mol. The van der Waals surface area contributed by atoms with Gasteiger partial charge in [-0.05, 0) is 89.9 Å². The Bertz CT molecular complexity index is 1220. The molecule has 0 amide bonds. The first kappa shape index (κ1) is 55.5. The van der Waals surface area contributed by atoms with E-state index < -0.39 is 32.5 Å². The molecule has 0 saturated heterocycles. The number of ether oxygens (including phenoxy) is 2. The van der Waals surface area contributed by atoms with E-state index in [1.165, 1.54) is 51.4 Å². The van der Waals surface area contributed by atoms with Crippen LogP contribution in [0, 0.1) is 0 Å². The number of nitrogens with zero attached hydrogens (tertiary/aromatic N) is 1. The third-order valence-corrected chi connectivity index (χ3v) is 10.2. The van der Waals surface area contributed by atoms with Crippen LogP contribution >= 0.6 is 7.82 Å². The fraction of sp³-hybridized carbons (Fsp3) is 0.708. The summed E-state index contributed by atoms with van der Waals surface area (Å²) in [6.45, 7) is 4.10. The van der Waals surface area contributed by atoms with Gasteiger partial charge in [0.15, 0.2) is 6.10 Å². The van der Waals surface area contributed by atoms with Crippen LogP contribution in [-0.4, -0.2) is 70.0 Å². The summed E-state index contributed by atoms with van der Waals surface area (Å²) >= 11 is 0. The van der Waals surface area contributed by atoms with Gasteiger partial charge in [0, 0.05) is 12.8 Å². The van der Waals surface area contributed by atoms with E-state index in [2.05, 4.69) is 86.8 Å². The second-order valence-electron chi connectivity index (χ2n) is 16.1. The molecule has 0 aromatic heterocycles. The number of esters is 2. The summed E-state index contributed by atoms with van der Waals surface area (Å²) in [7, 11) is 1.12. The largest absolute Gasteiger partial charge is 0.756 e. The molecule has 0 fully saturated rings. The Morgan fingerprint density at radius 3 is 1.36 bits per heavy atom. The lowest BCUT2D eigenvalue weighted by Gasteiger charge is -2.28. The zero-order valence-corrected chi connectivity index (χ0v) is 38.4. The Labute approximate surface area is 355 Å². The summed E-state index contributed by atoms with van der Waals surface area (Å²) in [6, 6.07) is 0. The van der Waals surface area contributed by atoms with E-state index in [1.807, 2.05) is 21.1 Å². The minimum Gasteiger partial charge on any atom is -0.756 e. The Morgan fingerprint density at radius 1 is 0.534 bits per heavy atom. The highest BCUT2D eigenvalue weighted by atomic mass is 31.2. The van der Waals surface area contributed by atoms with Gasteiger partial charge in [-0.15, -0.1) is 0 Å². The van der Waals surface area contributed by atoms with E-state index in [0.29, 0.717) is 23.9 Å².